The number of amides is 1. The Morgan fingerprint density at radius 3 is 2.55 bits per heavy atom. The van der Waals surface area contributed by atoms with E-state index < -0.39 is 11.7 Å². The van der Waals surface area contributed by atoms with E-state index in [4.69, 9.17) is 9.47 Å². The Labute approximate surface area is 178 Å². The first-order valence-corrected chi connectivity index (χ1v) is 10.1. The predicted molar refractivity (Wildman–Crippen MR) is 106 cm³/mol. The van der Waals surface area contributed by atoms with Crippen LogP contribution in [0.1, 0.15) is 48.4 Å². The van der Waals surface area contributed by atoms with Gasteiger partial charge in [0.15, 0.2) is 11.4 Å². The molecule has 1 amide bonds. The monoisotopic (exact) mass is 438 g/mol. The fourth-order valence-corrected chi connectivity index (χ4v) is 3.44. The van der Waals surface area contributed by atoms with Gasteiger partial charge in [-0.15, -0.1) is 0 Å². The molecule has 0 bridgehead atoms. The summed E-state index contributed by atoms with van der Waals surface area (Å²) in [5.41, 5.74) is -0.00772. The number of carbonyl (C=O) groups excluding carboxylic acids is 1. The molecule has 0 aromatic carbocycles. The maximum Gasteiger partial charge on any atom is 0.419 e. The number of rotatable bonds is 6. The minimum atomic E-state index is -4.51. The third-order valence-corrected chi connectivity index (χ3v) is 5.06. The Hall–Kier alpha value is -2.91. The molecule has 3 rings (SSSR count). The lowest BCUT2D eigenvalue weighted by molar-refractivity contribution is -0.138. The molecule has 1 aliphatic rings. The number of pyridine rings is 1. The molecule has 2 atom stereocenters. The van der Waals surface area contributed by atoms with Gasteiger partial charge in [-0.25, -0.2) is 15.0 Å². The van der Waals surface area contributed by atoms with Gasteiger partial charge in [0.1, 0.15) is 6.61 Å². The zero-order valence-corrected chi connectivity index (χ0v) is 17.6. The zero-order valence-electron chi connectivity index (χ0n) is 17.6. The molecule has 10 heteroatoms. The van der Waals surface area contributed by atoms with Gasteiger partial charge in [-0.2, -0.15) is 13.2 Å². The van der Waals surface area contributed by atoms with Crippen molar-refractivity contribution in [2.45, 2.75) is 45.8 Å². The van der Waals surface area contributed by atoms with E-state index in [0.29, 0.717) is 49.3 Å². The minimum absolute atomic E-state index is 0.0691. The molecule has 0 N–H and O–H groups in total. The number of aryl methyl sites for hydroxylation is 1. The summed E-state index contributed by atoms with van der Waals surface area (Å²) in [6.07, 6.45) is -1.58. The molecule has 3 heterocycles. The summed E-state index contributed by atoms with van der Waals surface area (Å²) in [6.45, 7) is 6.68. The topological polar surface area (TPSA) is 77.4 Å². The number of piperidine rings is 1. The fraction of sp³-hybridized carbons (Fsp3) is 0.524. The van der Waals surface area contributed by atoms with E-state index in [0.717, 1.165) is 6.42 Å². The number of hydrogen-bond donors (Lipinski definition) is 0. The van der Waals surface area contributed by atoms with E-state index in [-0.39, 0.29) is 30.3 Å². The van der Waals surface area contributed by atoms with Gasteiger partial charge in [0.25, 0.3) is 5.91 Å². The standard InChI is InChI=1S/C21H25F3N4O3/c1-4-30-17-8-6-14(3)27-18(17)19(29)28-11-13(2)5-7-16(28)12-31-20-25-9-15(10-26-20)21(22,23)24/h6,8-10,13,16H,4-5,7,11-12H2,1-3H3/t13-,16+/m1/s1. The summed E-state index contributed by atoms with van der Waals surface area (Å²) >= 11 is 0. The summed E-state index contributed by atoms with van der Waals surface area (Å²) in [4.78, 5) is 26.7. The van der Waals surface area contributed by atoms with E-state index in [1.807, 2.05) is 6.92 Å². The second-order valence-corrected chi connectivity index (χ2v) is 7.59. The lowest BCUT2D eigenvalue weighted by Gasteiger charge is -2.38. The van der Waals surface area contributed by atoms with Crippen LogP contribution >= 0.6 is 0 Å². The molecule has 2 aromatic heterocycles. The van der Waals surface area contributed by atoms with Crippen LogP contribution in [-0.4, -0.2) is 51.6 Å². The molecule has 7 nitrogen and oxygen atoms in total. The van der Waals surface area contributed by atoms with Gasteiger partial charge in [0.2, 0.25) is 0 Å². The summed E-state index contributed by atoms with van der Waals surface area (Å²) in [5.74, 6) is 0.450. The molecule has 2 aromatic rings. The molecule has 168 valence electrons. The van der Waals surface area contributed by atoms with Crippen molar-refractivity contribution in [2.75, 3.05) is 19.8 Å². The van der Waals surface area contributed by atoms with Gasteiger partial charge in [-0.05, 0) is 44.7 Å². The molecule has 1 saturated heterocycles. The van der Waals surface area contributed by atoms with Crippen LogP contribution in [0.5, 0.6) is 11.8 Å². The van der Waals surface area contributed by atoms with Gasteiger partial charge in [-0.3, -0.25) is 4.79 Å². The van der Waals surface area contributed by atoms with Crippen molar-refractivity contribution >= 4 is 5.91 Å². The van der Waals surface area contributed by atoms with Crippen molar-refractivity contribution in [3.05, 3.63) is 41.5 Å². The first kappa shape index (κ1) is 22.8. The number of alkyl halides is 3. The van der Waals surface area contributed by atoms with Gasteiger partial charge < -0.3 is 14.4 Å². The number of aromatic nitrogens is 3. The summed E-state index contributed by atoms with van der Waals surface area (Å²) in [5, 5.41) is 0. The number of carbonyl (C=O) groups is 1. The minimum Gasteiger partial charge on any atom is -0.491 e. The zero-order chi connectivity index (χ0) is 22.6. The highest BCUT2D eigenvalue weighted by Crippen LogP contribution is 2.29. The van der Waals surface area contributed by atoms with E-state index in [1.165, 1.54) is 0 Å². The molecule has 0 saturated carbocycles. The molecular formula is C21H25F3N4O3. The maximum atomic E-state index is 13.3. The highest BCUT2D eigenvalue weighted by atomic mass is 19.4. The Kier molecular flexibility index (Phi) is 6.97. The third-order valence-electron chi connectivity index (χ3n) is 5.06. The van der Waals surface area contributed by atoms with Gasteiger partial charge in [0, 0.05) is 24.6 Å². The van der Waals surface area contributed by atoms with E-state index in [2.05, 4.69) is 21.9 Å². The third kappa shape index (κ3) is 5.62. The molecular weight excluding hydrogens is 413 g/mol. The first-order chi connectivity index (χ1) is 14.7. The summed E-state index contributed by atoms with van der Waals surface area (Å²) in [7, 11) is 0. The van der Waals surface area contributed by atoms with Crippen molar-refractivity contribution < 1.29 is 27.4 Å². The SMILES string of the molecule is CCOc1ccc(C)nc1C(=O)N1C[C@H](C)CC[C@H]1COc1ncc(C(F)(F)F)cn1. The summed E-state index contributed by atoms with van der Waals surface area (Å²) < 4.78 is 49.1. The predicted octanol–water partition coefficient (Wildman–Crippen LogP) is 3.92. The van der Waals surface area contributed by atoms with Crippen molar-refractivity contribution in [3.63, 3.8) is 0 Å². The van der Waals surface area contributed by atoms with Crippen molar-refractivity contribution in [1.82, 2.24) is 19.9 Å². The van der Waals surface area contributed by atoms with E-state index >= 15 is 0 Å². The van der Waals surface area contributed by atoms with Gasteiger partial charge >= 0.3 is 12.2 Å². The number of halogens is 3. The van der Waals surface area contributed by atoms with Crippen molar-refractivity contribution in [3.8, 4) is 11.8 Å². The lowest BCUT2D eigenvalue weighted by atomic mass is 9.94. The number of hydrogen-bond acceptors (Lipinski definition) is 6. The average Bonchev–Trinajstić information content (AvgIpc) is 2.73. The molecule has 1 aliphatic heterocycles. The second-order valence-electron chi connectivity index (χ2n) is 7.59. The largest absolute Gasteiger partial charge is 0.491 e. The molecule has 1 fully saturated rings. The molecule has 0 radical (unpaired) electrons. The Balaban J connectivity index is 1.76. The van der Waals surface area contributed by atoms with Crippen molar-refractivity contribution in [2.24, 2.45) is 5.92 Å². The van der Waals surface area contributed by atoms with Crippen LogP contribution in [0.15, 0.2) is 24.5 Å². The second kappa shape index (κ2) is 9.49. The molecule has 0 unspecified atom stereocenters. The highest BCUT2D eigenvalue weighted by molar-refractivity contribution is 5.95. The normalized spacial score (nSPS) is 19.2. The van der Waals surface area contributed by atoms with Crippen LogP contribution < -0.4 is 9.47 Å². The smallest absolute Gasteiger partial charge is 0.419 e. The summed E-state index contributed by atoms with van der Waals surface area (Å²) in [6, 6.07) is 3.06. The molecule has 0 aliphatic carbocycles. The lowest BCUT2D eigenvalue weighted by Crippen LogP contribution is -2.49. The Bertz CT molecular complexity index is 906. The van der Waals surface area contributed by atoms with Crippen LogP contribution in [0.4, 0.5) is 13.2 Å². The first-order valence-electron chi connectivity index (χ1n) is 10.1. The van der Waals surface area contributed by atoms with Crippen molar-refractivity contribution in [1.29, 1.82) is 0 Å². The quantitative estimate of drug-likeness (QED) is 0.681. The Morgan fingerprint density at radius 2 is 1.90 bits per heavy atom. The average molecular weight is 438 g/mol. The van der Waals surface area contributed by atoms with E-state index in [1.54, 1.807) is 24.0 Å². The van der Waals surface area contributed by atoms with Crippen LogP contribution in [0.2, 0.25) is 0 Å². The fourth-order valence-electron chi connectivity index (χ4n) is 3.44. The number of nitrogens with zero attached hydrogens (tertiary/aromatic N) is 4. The van der Waals surface area contributed by atoms with Crippen LogP contribution in [0, 0.1) is 12.8 Å². The Morgan fingerprint density at radius 1 is 1.19 bits per heavy atom. The molecule has 31 heavy (non-hydrogen) atoms. The van der Waals surface area contributed by atoms with Crippen LogP contribution in [-0.2, 0) is 6.18 Å². The number of ether oxygens (including phenoxy) is 2. The van der Waals surface area contributed by atoms with Crippen LogP contribution in [0.3, 0.4) is 0 Å². The van der Waals surface area contributed by atoms with Crippen LogP contribution in [0.25, 0.3) is 0 Å². The highest BCUT2D eigenvalue weighted by Gasteiger charge is 2.34. The van der Waals surface area contributed by atoms with E-state index in [9.17, 15) is 18.0 Å². The number of likely N-dealkylation sites (tertiary alicyclic amines) is 1. The maximum absolute atomic E-state index is 13.3. The van der Waals surface area contributed by atoms with Gasteiger partial charge in [-0.1, -0.05) is 6.92 Å². The molecule has 0 spiro atoms. The van der Waals surface area contributed by atoms with Gasteiger partial charge in [0.05, 0.1) is 18.2 Å².